The summed E-state index contributed by atoms with van der Waals surface area (Å²) in [6.45, 7) is 7.26. The van der Waals surface area contributed by atoms with E-state index in [2.05, 4.69) is 46.8 Å². The second-order valence-corrected chi connectivity index (χ2v) is 6.96. The molecule has 0 saturated heterocycles. The van der Waals surface area contributed by atoms with Crippen molar-refractivity contribution in [3.05, 3.63) is 60.0 Å². The van der Waals surface area contributed by atoms with E-state index < -0.39 is 0 Å². The first-order valence-electron chi connectivity index (χ1n) is 9.25. The van der Waals surface area contributed by atoms with Crippen molar-refractivity contribution in [1.82, 2.24) is 15.5 Å². The van der Waals surface area contributed by atoms with Gasteiger partial charge in [0.2, 0.25) is 11.7 Å². The lowest BCUT2D eigenvalue weighted by atomic mass is 10.0. The molecule has 2 N–H and O–H groups in total. The van der Waals surface area contributed by atoms with Gasteiger partial charge < -0.3 is 19.9 Å². The maximum atomic E-state index is 5.44. The normalized spacial score (nSPS) is 10.7. The predicted molar refractivity (Wildman–Crippen MR) is 114 cm³/mol. The molecular weight excluding hydrogens is 372 g/mol. The van der Waals surface area contributed by atoms with Gasteiger partial charge in [0.15, 0.2) is 5.11 Å². The highest BCUT2D eigenvalue weighted by molar-refractivity contribution is 7.80. The van der Waals surface area contributed by atoms with E-state index in [9.17, 15) is 0 Å². The first-order chi connectivity index (χ1) is 13.5. The number of nitrogens with one attached hydrogen (secondary N) is 2. The van der Waals surface area contributed by atoms with E-state index in [1.54, 1.807) is 0 Å². The van der Waals surface area contributed by atoms with Crippen LogP contribution in [0.15, 0.2) is 53.1 Å². The van der Waals surface area contributed by atoms with Crippen molar-refractivity contribution in [2.24, 2.45) is 0 Å². The predicted octanol–water partition coefficient (Wildman–Crippen LogP) is 4.75. The summed E-state index contributed by atoms with van der Waals surface area (Å²) in [7, 11) is 0. The van der Waals surface area contributed by atoms with Crippen molar-refractivity contribution in [2.75, 3.05) is 11.9 Å². The molecule has 0 aliphatic heterocycles. The molecule has 0 saturated carbocycles. The van der Waals surface area contributed by atoms with Gasteiger partial charge in [0, 0.05) is 11.3 Å². The summed E-state index contributed by atoms with van der Waals surface area (Å²) in [5.74, 6) is 2.31. The quantitative estimate of drug-likeness (QED) is 0.559. The Kier molecular flexibility index (Phi) is 6.60. The average Bonchev–Trinajstić information content (AvgIpc) is 3.17. The lowest BCUT2D eigenvalue weighted by molar-refractivity contribution is 0.340. The molecule has 0 spiro atoms. The number of rotatable bonds is 7. The number of thiocarbonyl (C=S) groups is 1. The van der Waals surface area contributed by atoms with Gasteiger partial charge in [-0.25, -0.2) is 0 Å². The minimum atomic E-state index is 0.347. The third kappa shape index (κ3) is 5.29. The van der Waals surface area contributed by atoms with E-state index in [4.69, 9.17) is 21.5 Å². The zero-order valence-corrected chi connectivity index (χ0v) is 17.0. The van der Waals surface area contributed by atoms with Crippen LogP contribution in [0.25, 0.3) is 11.4 Å². The number of benzene rings is 2. The molecule has 0 aliphatic carbocycles. The number of anilines is 1. The number of aromatic nitrogens is 2. The molecule has 28 heavy (non-hydrogen) atoms. The minimum absolute atomic E-state index is 0.347. The number of hydrogen-bond acceptors (Lipinski definition) is 5. The molecule has 0 amide bonds. The molecular formula is C21H24N4O2S. The first kappa shape index (κ1) is 19.8. The highest BCUT2D eigenvalue weighted by Crippen LogP contribution is 2.20. The van der Waals surface area contributed by atoms with Crippen molar-refractivity contribution in [3.63, 3.8) is 0 Å². The lowest BCUT2D eigenvalue weighted by Gasteiger charge is -2.10. The Bertz CT molecular complexity index is 905. The fourth-order valence-corrected chi connectivity index (χ4v) is 2.78. The topological polar surface area (TPSA) is 72.2 Å². The monoisotopic (exact) mass is 396 g/mol. The Morgan fingerprint density at radius 1 is 1.11 bits per heavy atom. The van der Waals surface area contributed by atoms with Gasteiger partial charge in [0.25, 0.3) is 0 Å². The van der Waals surface area contributed by atoms with Gasteiger partial charge >= 0.3 is 0 Å². The zero-order chi connectivity index (χ0) is 19.9. The van der Waals surface area contributed by atoms with Crippen molar-refractivity contribution in [2.45, 2.75) is 33.2 Å². The van der Waals surface area contributed by atoms with Crippen molar-refractivity contribution < 1.29 is 9.26 Å². The van der Waals surface area contributed by atoms with Crippen LogP contribution in [0, 0.1) is 0 Å². The molecule has 2 aromatic carbocycles. The third-order valence-electron chi connectivity index (χ3n) is 4.13. The summed E-state index contributed by atoms with van der Waals surface area (Å²) in [5.41, 5.74) is 3.09. The summed E-state index contributed by atoms with van der Waals surface area (Å²) in [6, 6.07) is 15.8. The molecule has 146 valence electrons. The van der Waals surface area contributed by atoms with Crippen LogP contribution in [-0.2, 0) is 6.54 Å². The van der Waals surface area contributed by atoms with Gasteiger partial charge in [-0.05, 0) is 67.0 Å². The van der Waals surface area contributed by atoms with Crippen LogP contribution in [0.3, 0.4) is 0 Å². The molecule has 0 radical (unpaired) electrons. The molecule has 0 aliphatic rings. The molecule has 1 aromatic heterocycles. The van der Waals surface area contributed by atoms with Crippen LogP contribution in [0.5, 0.6) is 5.75 Å². The lowest BCUT2D eigenvalue weighted by Crippen LogP contribution is -2.28. The van der Waals surface area contributed by atoms with E-state index in [0.29, 0.717) is 35.9 Å². The molecule has 0 atom stereocenters. The standard InChI is InChI=1S/C21H24N4O2S/c1-4-26-18-11-7-16(8-12-18)20-24-19(27-25-20)13-22-21(28)23-17-9-5-15(6-10-17)14(2)3/h5-12,14H,4,13H2,1-3H3,(H2,22,23,28). The fourth-order valence-electron chi connectivity index (χ4n) is 2.59. The van der Waals surface area contributed by atoms with E-state index in [1.807, 2.05) is 43.3 Å². The minimum Gasteiger partial charge on any atom is -0.494 e. The van der Waals surface area contributed by atoms with E-state index >= 15 is 0 Å². The fraction of sp³-hybridized carbons (Fsp3) is 0.286. The van der Waals surface area contributed by atoms with Gasteiger partial charge in [-0.15, -0.1) is 0 Å². The van der Waals surface area contributed by atoms with Crippen LogP contribution in [0.1, 0.15) is 38.1 Å². The summed E-state index contributed by atoms with van der Waals surface area (Å²) >= 11 is 5.33. The number of ether oxygens (including phenoxy) is 1. The molecule has 0 unspecified atom stereocenters. The molecule has 7 heteroatoms. The molecule has 3 aromatic rings. The van der Waals surface area contributed by atoms with E-state index in [0.717, 1.165) is 17.0 Å². The van der Waals surface area contributed by atoms with Gasteiger partial charge in [0.1, 0.15) is 5.75 Å². The van der Waals surface area contributed by atoms with Crippen LogP contribution in [0.4, 0.5) is 5.69 Å². The van der Waals surface area contributed by atoms with Gasteiger partial charge in [-0.2, -0.15) is 4.98 Å². The molecule has 0 fully saturated rings. The van der Waals surface area contributed by atoms with Gasteiger partial charge in [-0.1, -0.05) is 31.1 Å². The van der Waals surface area contributed by atoms with Crippen molar-refractivity contribution in [1.29, 1.82) is 0 Å². The van der Waals surface area contributed by atoms with Crippen molar-refractivity contribution >= 4 is 23.0 Å². The molecule has 0 bridgehead atoms. The largest absolute Gasteiger partial charge is 0.494 e. The highest BCUT2D eigenvalue weighted by Gasteiger charge is 2.09. The molecule has 3 rings (SSSR count). The smallest absolute Gasteiger partial charge is 0.246 e. The maximum absolute atomic E-state index is 5.44. The maximum Gasteiger partial charge on any atom is 0.246 e. The van der Waals surface area contributed by atoms with Crippen LogP contribution in [-0.4, -0.2) is 21.9 Å². The summed E-state index contributed by atoms with van der Waals surface area (Å²) in [4.78, 5) is 4.40. The third-order valence-corrected chi connectivity index (χ3v) is 4.37. The van der Waals surface area contributed by atoms with Gasteiger partial charge in [-0.3, -0.25) is 0 Å². The molecule has 1 heterocycles. The van der Waals surface area contributed by atoms with Crippen LogP contribution in [0.2, 0.25) is 0 Å². The van der Waals surface area contributed by atoms with Crippen molar-refractivity contribution in [3.8, 4) is 17.1 Å². The Morgan fingerprint density at radius 3 is 2.46 bits per heavy atom. The van der Waals surface area contributed by atoms with Crippen LogP contribution < -0.4 is 15.4 Å². The first-order valence-corrected chi connectivity index (χ1v) is 9.66. The van der Waals surface area contributed by atoms with E-state index in [-0.39, 0.29) is 0 Å². The van der Waals surface area contributed by atoms with E-state index in [1.165, 1.54) is 5.56 Å². The summed E-state index contributed by atoms with van der Waals surface area (Å²) in [6.07, 6.45) is 0. The van der Waals surface area contributed by atoms with Gasteiger partial charge in [0.05, 0.1) is 13.2 Å². The Hall–Kier alpha value is -2.93. The Balaban J connectivity index is 1.52. The Morgan fingerprint density at radius 2 is 1.82 bits per heavy atom. The second kappa shape index (κ2) is 9.32. The second-order valence-electron chi connectivity index (χ2n) is 6.55. The molecule has 6 nitrogen and oxygen atoms in total. The Labute approximate surface area is 170 Å². The average molecular weight is 397 g/mol. The highest BCUT2D eigenvalue weighted by atomic mass is 32.1. The summed E-state index contributed by atoms with van der Waals surface area (Å²) in [5, 5.41) is 10.7. The summed E-state index contributed by atoms with van der Waals surface area (Å²) < 4.78 is 10.7. The number of hydrogen-bond donors (Lipinski definition) is 2. The zero-order valence-electron chi connectivity index (χ0n) is 16.2. The SMILES string of the molecule is CCOc1ccc(-c2noc(CNC(=S)Nc3ccc(C(C)C)cc3)n2)cc1. The number of nitrogens with zero attached hydrogens (tertiary/aromatic N) is 2. The van der Waals surface area contributed by atoms with Crippen LogP contribution >= 0.6 is 12.2 Å².